The molecular formula is C20H21N5O3. The van der Waals surface area contributed by atoms with E-state index in [-0.39, 0.29) is 12.2 Å². The van der Waals surface area contributed by atoms with E-state index >= 15 is 0 Å². The normalized spacial score (nSPS) is 13.9. The van der Waals surface area contributed by atoms with Crippen molar-refractivity contribution < 1.29 is 9.84 Å². The second-order valence-corrected chi connectivity index (χ2v) is 6.70. The number of aromatic nitrogens is 4. The zero-order chi connectivity index (χ0) is 19.5. The van der Waals surface area contributed by atoms with E-state index in [1.54, 1.807) is 25.7 Å². The van der Waals surface area contributed by atoms with Crippen LogP contribution in [0.3, 0.4) is 0 Å². The Balaban J connectivity index is 1.55. The number of aromatic amines is 1. The van der Waals surface area contributed by atoms with E-state index in [9.17, 15) is 9.90 Å². The molecule has 0 radical (unpaired) electrons. The molecule has 8 heteroatoms. The Morgan fingerprint density at radius 2 is 2.21 bits per heavy atom. The molecule has 2 N–H and O–H groups in total. The van der Waals surface area contributed by atoms with Gasteiger partial charge in [0, 0.05) is 44.0 Å². The highest BCUT2D eigenvalue weighted by Gasteiger charge is 2.22. The van der Waals surface area contributed by atoms with Gasteiger partial charge in [0.1, 0.15) is 11.4 Å². The molecule has 0 saturated heterocycles. The van der Waals surface area contributed by atoms with Gasteiger partial charge in [-0.25, -0.2) is 9.97 Å². The zero-order valence-corrected chi connectivity index (χ0v) is 15.6. The third-order valence-corrected chi connectivity index (χ3v) is 4.87. The molecule has 0 amide bonds. The number of fused-ring (bicyclic) bond motifs is 1. The lowest BCUT2D eigenvalue weighted by Crippen LogP contribution is -2.35. The highest BCUT2D eigenvalue weighted by molar-refractivity contribution is 5.47. The molecule has 0 spiro atoms. The predicted octanol–water partition coefficient (Wildman–Crippen LogP) is 1.29. The van der Waals surface area contributed by atoms with E-state index in [2.05, 4.69) is 24.8 Å². The number of methoxy groups -OCH3 is 1. The van der Waals surface area contributed by atoms with Crippen molar-refractivity contribution in [2.75, 3.05) is 13.7 Å². The second-order valence-electron chi connectivity index (χ2n) is 6.70. The molecular weight excluding hydrogens is 358 g/mol. The van der Waals surface area contributed by atoms with E-state index in [1.165, 1.54) is 0 Å². The van der Waals surface area contributed by atoms with Gasteiger partial charge in [0.25, 0.3) is 5.56 Å². The van der Waals surface area contributed by atoms with Gasteiger partial charge in [0.15, 0.2) is 5.82 Å². The first-order chi connectivity index (χ1) is 13.7. The van der Waals surface area contributed by atoms with Gasteiger partial charge in [0.2, 0.25) is 0 Å². The van der Waals surface area contributed by atoms with Crippen LogP contribution in [0.2, 0.25) is 0 Å². The zero-order valence-electron chi connectivity index (χ0n) is 15.6. The molecule has 28 heavy (non-hydrogen) atoms. The molecule has 0 atom stereocenters. The van der Waals surface area contributed by atoms with E-state index in [1.807, 2.05) is 18.2 Å². The first-order valence-corrected chi connectivity index (χ1v) is 9.05. The van der Waals surface area contributed by atoms with Crippen LogP contribution >= 0.6 is 0 Å². The number of hydrogen-bond donors (Lipinski definition) is 2. The van der Waals surface area contributed by atoms with Crippen LogP contribution in [0.15, 0.2) is 41.6 Å². The maximum atomic E-state index is 12.6. The second kappa shape index (κ2) is 7.87. The summed E-state index contributed by atoms with van der Waals surface area (Å²) in [5, 5.41) is 9.51. The fourth-order valence-corrected chi connectivity index (χ4v) is 3.47. The number of H-pyrrole nitrogens is 1. The molecule has 0 unspecified atom stereocenters. The minimum atomic E-state index is -0.138. The molecule has 0 bridgehead atoms. The Kier molecular flexibility index (Phi) is 5.14. The van der Waals surface area contributed by atoms with Crippen molar-refractivity contribution >= 4 is 0 Å². The minimum absolute atomic E-state index is 0.0748. The largest absolute Gasteiger partial charge is 0.496 e. The smallest absolute Gasteiger partial charge is 0.255 e. The van der Waals surface area contributed by atoms with Gasteiger partial charge in [-0.15, -0.1) is 0 Å². The van der Waals surface area contributed by atoms with Crippen LogP contribution in [0.5, 0.6) is 5.75 Å². The summed E-state index contributed by atoms with van der Waals surface area (Å²) in [6.07, 6.45) is 5.43. The Bertz CT molecular complexity index is 1040. The summed E-state index contributed by atoms with van der Waals surface area (Å²) in [7, 11) is 1.59. The first kappa shape index (κ1) is 18.3. The van der Waals surface area contributed by atoms with Crippen molar-refractivity contribution in [3.63, 3.8) is 0 Å². The molecule has 0 saturated carbocycles. The van der Waals surface area contributed by atoms with Gasteiger partial charge < -0.3 is 14.8 Å². The summed E-state index contributed by atoms with van der Waals surface area (Å²) in [4.78, 5) is 30.5. The van der Waals surface area contributed by atoms with Gasteiger partial charge in [-0.05, 0) is 17.7 Å². The Hall–Kier alpha value is -3.10. The Morgan fingerprint density at radius 1 is 1.32 bits per heavy atom. The summed E-state index contributed by atoms with van der Waals surface area (Å²) >= 11 is 0. The van der Waals surface area contributed by atoms with Crippen molar-refractivity contribution in [3.05, 3.63) is 69.5 Å². The molecule has 0 aliphatic carbocycles. The summed E-state index contributed by atoms with van der Waals surface area (Å²) in [6.45, 7) is 1.93. The van der Waals surface area contributed by atoms with Crippen LogP contribution < -0.4 is 10.3 Å². The lowest BCUT2D eigenvalue weighted by Gasteiger charge is -2.28. The topological polar surface area (TPSA) is 104 Å². The monoisotopic (exact) mass is 379 g/mol. The molecule has 0 fully saturated rings. The number of aliphatic hydroxyl groups is 1. The maximum absolute atomic E-state index is 12.6. The average Bonchev–Trinajstić information content (AvgIpc) is 2.74. The SMILES string of the molecule is COc1ccc(CN2CCc3nc(-c4cnccn4)[nH]c(=O)c3C2)cc1CO. The fraction of sp³-hybridized carbons (Fsp3) is 0.300. The fourth-order valence-electron chi connectivity index (χ4n) is 3.47. The highest BCUT2D eigenvalue weighted by Crippen LogP contribution is 2.23. The number of hydrogen-bond acceptors (Lipinski definition) is 7. The molecule has 1 aliphatic rings. The third kappa shape index (κ3) is 3.64. The molecule has 1 aromatic carbocycles. The van der Waals surface area contributed by atoms with Crippen LogP contribution in [-0.2, 0) is 26.1 Å². The van der Waals surface area contributed by atoms with Crippen LogP contribution in [0, 0.1) is 0 Å². The van der Waals surface area contributed by atoms with E-state index in [0.29, 0.717) is 42.3 Å². The maximum Gasteiger partial charge on any atom is 0.255 e. The van der Waals surface area contributed by atoms with Gasteiger partial charge in [-0.2, -0.15) is 0 Å². The number of benzene rings is 1. The van der Waals surface area contributed by atoms with Gasteiger partial charge in [-0.3, -0.25) is 14.7 Å². The molecule has 8 nitrogen and oxygen atoms in total. The van der Waals surface area contributed by atoms with Gasteiger partial charge >= 0.3 is 0 Å². The number of nitrogens with zero attached hydrogens (tertiary/aromatic N) is 4. The first-order valence-electron chi connectivity index (χ1n) is 9.05. The van der Waals surface area contributed by atoms with Crippen molar-refractivity contribution in [2.24, 2.45) is 0 Å². The number of aliphatic hydroxyl groups excluding tert-OH is 1. The van der Waals surface area contributed by atoms with Gasteiger partial charge in [0.05, 0.1) is 31.2 Å². The number of rotatable bonds is 5. The number of ether oxygens (including phenoxy) is 1. The molecule has 2 aromatic heterocycles. The Labute approximate surface area is 161 Å². The summed E-state index contributed by atoms with van der Waals surface area (Å²) in [5.41, 5.74) is 3.74. The molecule has 4 rings (SSSR count). The molecule has 3 aromatic rings. The summed E-state index contributed by atoms with van der Waals surface area (Å²) < 4.78 is 5.25. The van der Waals surface area contributed by atoms with Crippen molar-refractivity contribution in [1.29, 1.82) is 0 Å². The lowest BCUT2D eigenvalue weighted by atomic mass is 10.0. The van der Waals surface area contributed by atoms with E-state index < -0.39 is 0 Å². The van der Waals surface area contributed by atoms with Crippen LogP contribution in [0.1, 0.15) is 22.4 Å². The minimum Gasteiger partial charge on any atom is -0.496 e. The van der Waals surface area contributed by atoms with Crippen molar-refractivity contribution in [2.45, 2.75) is 26.1 Å². The number of nitrogens with one attached hydrogen (secondary N) is 1. The van der Waals surface area contributed by atoms with Gasteiger partial charge in [-0.1, -0.05) is 6.07 Å². The highest BCUT2D eigenvalue weighted by atomic mass is 16.5. The summed E-state index contributed by atoms with van der Waals surface area (Å²) in [5.74, 6) is 1.13. The quantitative estimate of drug-likeness (QED) is 0.688. The lowest BCUT2D eigenvalue weighted by molar-refractivity contribution is 0.241. The van der Waals surface area contributed by atoms with Crippen molar-refractivity contribution in [1.82, 2.24) is 24.8 Å². The molecule has 144 valence electrons. The van der Waals surface area contributed by atoms with E-state index in [0.717, 1.165) is 23.4 Å². The summed E-state index contributed by atoms with van der Waals surface area (Å²) in [6, 6.07) is 5.78. The van der Waals surface area contributed by atoms with Crippen LogP contribution in [0.25, 0.3) is 11.5 Å². The average molecular weight is 379 g/mol. The predicted molar refractivity (Wildman–Crippen MR) is 103 cm³/mol. The molecule has 1 aliphatic heterocycles. The standard InChI is InChI=1S/C20H21N5O3/c1-28-18-3-2-13(8-14(18)12-26)10-25-7-4-16-15(11-25)20(27)24-19(23-16)17-9-21-5-6-22-17/h2-3,5-6,8-9,26H,4,7,10-12H2,1H3,(H,23,24,27). The molecule has 3 heterocycles. The van der Waals surface area contributed by atoms with E-state index in [4.69, 9.17) is 4.74 Å². The van der Waals surface area contributed by atoms with Crippen molar-refractivity contribution in [3.8, 4) is 17.3 Å². The van der Waals surface area contributed by atoms with Crippen LogP contribution in [-0.4, -0.2) is 43.6 Å². The Morgan fingerprint density at radius 3 is 2.96 bits per heavy atom. The third-order valence-electron chi connectivity index (χ3n) is 4.87. The van der Waals surface area contributed by atoms with Crippen LogP contribution in [0.4, 0.5) is 0 Å².